The Kier molecular flexibility index (Phi) is 14.5. The van der Waals surface area contributed by atoms with Crippen molar-refractivity contribution >= 4 is 16.9 Å². The molecule has 1 aliphatic heterocycles. The van der Waals surface area contributed by atoms with Crippen LogP contribution in [0, 0.1) is 11.8 Å². The van der Waals surface area contributed by atoms with E-state index in [1.807, 2.05) is 42.3 Å². The Hall–Kier alpha value is -2.86. The van der Waals surface area contributed by atoms with Gasteiger partial charge in [0.2, 0.25) is 0 Å². The number of nitrogens with zero attached hydrogens (tertiary/aromatic N) is 4. The van der Waals surface area contributed by atoms with Gasteiger partial charge in [0.1, 0.15) is 11.6 Å². The molecular formula is C37H58N4O2. The number of hydrogen-bond donors (Lipinski definition) is 0. The lowest BCUT2D eigenvalue weighted by molar-refractivity contribution is 0.0739. The monoisotopic (exact) mass is 590 g/mol. The predicted octanol–water partition coefficient (Wildman–Crippen LogP) is 8.37. The Bertz CT molecular complexity index is 1230. The molecule has 1 fully saturated rings. The maximum absolute atomic E-state index is 13.5. The first-order valence-electron chi connectivity index (χ1n) is 16.9. The quantitative estimate of drug-likeness (QED) is 0.201. The second kappa shape index (κ2) is 18.1. The number of fused-ring (bicyclic) bond motifs is 1. The van der Waals surface area contributed by atoms with E-state index in [2.05, 4.69) is 56.2 Å². The summed E-state index contributed by atoms with van der Waals surface area (Å²) < 4.78 is 7.36. The van der Waals surface area contributed by atoms with Crippen molar-refractivity contribution in [2.45, 2.75) is 92.4 Å². The summed E-state index contributed by atoms with van der Waals surface area (Å²) in [6.07, 6.45) is 11.0. The van der Waals surface area contributed by atoms with Gasteiger partial charge in [0.05, 0.1) is 18.1 Å². The first-order chi connectivity index (χ1) is 20.7. The molecule has 0 radical (unpaired) electrons. The third-order valence-electron chi connectivity index (χ3n) is 8.83. The number of likely N-dealkylation sites (tertiary alicyclic amines) is 1. The summed E-state index contributed by atoms with van der Waals surface area (Å²) in [6.45, 7) is 16.8. The number of methoxy groups -OCH3 is 1. The molecule has 6 heteroatoms. The van der Waals surface area contributed by atoms with Crippen molar-refractivity contribution in [3.05, 3.63) is 59.4 Å². The van der Waals surface area contributed by atoms with Gasteiger partial charge in [0.15, 0.2) is 0 Å². The lowest BCUT2D eigenvalue weighted by Crippen LogP contribution is -2.34. The first-order valence-corrected chi connectivity index (χ1v) is 16.9. The smallest absolute Gasteiger partial charge is 0.253 e. The van der Waals surface area contributed by atoms with Crippen LogP contribution in [0.2, 0.25) is 0 Å². The highest BCUT2D eigenvalue weighted by Crippen LogP contribution is 2.22. The number of amides is 1. The summed E-state index contributed by atoms with van der Waals surface area (Å²) in [5.41, 5.74) is 3.84. The van der Waals surface area contributed by atoms with Crippen molar-refractivity contribution in [3.63, 3.8) is 0 Å². The van der Waals surface area contributed by atoms with Gasteiger partial charge in [0.25, 0.3) is 5.91 Å². The number of imidazole rings is 1. The van der Waals surface area contributed by atoms with Crippen molar-refractivity contribution in [2.75, 3.05) is 39.8 Å². The molecule has 6 nitrogen and oxygen atoms in total. The molecule has 238 valence electrons. The molecule has 2 heterocycles. The molecule has 3 aromatic rings. The zero-order chi connectivity index (χ0) is 31.2. The van der Waals surface area contributed by atoms with Crippen LogP contribution in [0.25, 0.3) is 11.0 Å². The summed E-state index contributed by atoms with van der Waals surface area (Å²) >= 11 is 0. The van der Waals surface area contributed by atoms with Gasteiger partial charge in [-0.15, -0.1) is 0 Å². The van der Waals surface area contributed by atoms with E-state index in [-0.39, 0.29) is 5.91 Å². The van der Waals surface area contributed by atoms with Crippen LogP contribution < -0.4 is 4.74 Å². The van der Waals surface area contributed by atoms with Crippen LogP contribution in [0.4, 0.5) is 0 Å². The third-order valence-corrected chi connectivity index (χ3v) is 8.83. The minimum atomic E-state index is 0.124. The maximum Gasteiger partial charge on any atom is 0.253 e. The summed E-state index contributed by atoms with van der Waals surface area (Å²) in [6, 6.07) is 14.0. The van der Waals surface area contributed by atoms with Gasteiger partial charge in [0, 0.05) is 32.1 Å². The third kappa shape index (κ3) is 11.0. The fraction of sp³-hybridized carbons (Fsp3) is 0.622. The van der Waals surface area contributed by atoms with Gasteiger partial charge in [-0.3, -0.25) is 4.79 Å². The largest absolute Gasteiger partial charge is 0.497 e. The number of benzene rings is 2. The summed E-state index contributed by atoms with van der Waals surface area (Å²) in [4.78, 5) is 22.9. The van der Waals surface area contributed by atoms with Crippen LogP contribution in [-0.2, 0) is 13.5 Å². The van der Waals surface area contributed by atoms with Crippen LogP contribution in [0.15, 0.2) is 42.5 Å². The van der Waals surface area contributed by atoms with Gasteiger partial charge in [-0.1, -0.05) is 66.0 Å². The number of carbonyl (C=O) groups excluding carboxylic acids is 1. The van der Waals surface area contributed by atoms with E-state index in [1.54, 1.807) is 7.11 Å². The fourth-order valence-electron chi connectivity index (χ4n) is 5.62. The highest BCUT2D eigenvalue weighted by Gasteiger charge is 2.19. The topological polar surface area (TPSA) is 50.6 Å². The van der Waals surface area contributed by atoms with Crippen molar-refractivity contribution in [2.24, 2.45) is 18.9 Å². The standard InChI is InChI=1S/C28H39N3O2.C9H19N/c1-7-21(4)15-17-31(16-14-20(2)3)28(32)23-10-13-25-26(19-23)30(5)27(29-25)18-22-8-11-24(33-6)12-9-22;1-2-7-10-8-5-3-4-6-9-10/h8-13,19-21H,7,14-18H2,1-6H3;2-9H2,1H3. The van der Waals surface area contributed by atoms with Crippen molar-refractivity contribution in [1.29, 1.82) is 0 Å². The fourth-order valence-corrected chi connectivity index (χ4v) is 5.62. The van der Waals surface area contributed by atoms with Crippen LogP contribution in [-0.4, -0.2) is 65.1 Å². The van der Waals surface area contributed by atoms with Crippen LogP contribution >= 0.6 is 0 Å². The zero-order valence-electron chi connectivity index (χ0n) is 28.2. The number of carbonyl (C=O) groups is 1. The molecule has 0 aliphatic carbocycles. The van der Waals surface area contributed by atoms with E-state index in [0.717, 1.165) is 66.9 Å². The van der Waals surface area contributed by atoms with E-state index in [0.29, 0.717) is 11.8 Å². The first kappa shape index (κ1) is 34.6. The van der Waals surface area contributed by atoms with E-state index in [4.69, 9.17) is 9.72 Å². The number of hydrogen-bond acceptors (Lipinski definition) is 4. The van der Waals surface area contributed by atoms with Gasteiger partial charge >= 0.3 is 0 Å². The molecule has 1 aliphatic rings. The molecule has 1 atom stereocenters. The number of aryl methyl sites for hydroxylation is 1. The molecule has 1 aromatic heterocycles. The van der Waals surface area contributed by atoms with Gasteiger partial charge in [-0.2, -0.15) is 0 Å². The summed E-state index contributed by atoms with van der Waals surface area (Å²) in [5.74, 6) is 3.15. The molecular weight excluding hydrogens is 532 g/mol. The highest BCUT2D eigenvalue weighted by atomic mass is 16.5. The minimum Gasteiger partial charge on any atom is -0.497 e. The Balaban J connectivity index is 0.000000428. The van der Waals surface area contributed by atoms with Gasteiger partial charge in [-0.05, 0) is 99.5 Å². The van der Waals surface area contributed by atoms with Crippen molar-refractivity contribution in [3.8, 4) is 5.75 Å². The van der Waals surface area contributed by atoms with E-state index in [1.165, 1.54) is 57.3 Å². The lowest BCUT2D eigenvalue weighted by Gasteiger charge is -2.25. The molecule has 0 saturated carbocycles. The molecule has 1 saturated heterocycles. The SMILES string of the molecule is CCC(C)CCN(CCC(C)C)C(=O)c1ccc2nc(Cc3ccc(OC)cc3)n(C)c2c1.CCCN1CCCCCC1. The highest BCUT2D eigenvalue weighted by molar-refractivity contribution is 5.97. The maximum atomic E-state index is 13.5. The van der Waals surface area contributed by atoms with Crippen LogP contribution in [0.1, 0.15) is 108 Å². The molecule has 4 rings (SSSR count). The normalized spacial score (nSPS) is 14.7. The van der Waals surface area contributed by atoms with Crippen LogP contribution in [0.5, 0.6) is 5.75 Å². The number of ether oxygens (including phenoxy) is 1. The van der Waals surface area contributed by atoms with Gasteiger partial charge in [-0.25, -0.2) is 4.98 Å². The minimum absolute atomic E-state index is 0.124. The Morgan fingerprint density at radius 2 is 1.63 bits per heavy atom. The van der Waals surface area contributed by atoms with E-state index in [9.17, 15) is 4.79 Å². The second-order valence-corrected chi connectivity index (χ2v) is 12.8. The van der Waals surface area contributed by atoms with E-state index < -0.39 is 0 Å². The van der Waals surface area contributed by atoms with Crippen LogP contribution in [0.3, 0.4) is 0 Å². The second-order valence-electron chi connectivity index (χ2n) is 12.8. The molecule has 0 bridgehead atoms. The molecule has 1 unspecified atom stereocenters. The average Bonchev–Trinajstić information content (AvgIpc) is 3.15. The van der Waals surface area contributed by atoms with Gasteiger partial charge < -0.3 is 19.1 Å². The Morgan fingerprint density at radius 1 is 0.953 bits per heavy atom. The molecule has 0 spiro atoms. The zero-order valence-corrected chi connectivity index (χ0v) is 28.2. The number of rotatable bonds is 13. The molecule has 43 heavy (non-hydrogen) atoms. The van der Waals surface area contributed by atoms with Crippen molar-refractivity contribution in [1.82, 2.24) is 19.4 Å². The Morgan fingerprint density at radius 3 is 2.23 bits per heavy atom. The summed E-state index contributed by atoms with van der Waals surface area (Å²) in [5, 5.41) is 0. The molecule has 0 N–H and O–H groups in total. The Labute approximate surface area is 261 Å². The molecule has 1 amide bonds. The average molecular weight is 591 g/mol. The number of aromatic nitrogens is 2. The lowest BCUT2D eigenvalue weighted by atomic mass is 10.0. The van der Waals surface area contributed by atoms with E-state index >= 15 is 0 Å². The summed E-state index contributed by atoms with van der Waals surface area (Å²) in [7, 11) is 3.70. The molecule has 2 aromatic carbocycles. The van der Waals surface area contributed by atoms with Crippen molar-refractivity contribution < 1.29 is 9.53 Å². The predicted molar refractivity (Wildman–Crippen MR) is 181 cm³/mol.